The monoisotopic (exact) mass is 429 g/mol. The third kappa shape index (κ3) is 4.94. The van der Waals surface area contributed by atoms with Crippen LogP contribution in [0.1, 0.15) is 40.3 Å². The molecule has 0 bridgehead atoms. The van der Waals surface area contributed by atoms with E-state index in [1.807, 2.05) is 62.2 Å². The predicted octanol–water partition coefficient (Wildman–Crippen LogP) is 5.25. The number of aryl methyl sites for hydroxylation is 2. The molecule has 1 aliphatic rings. The van der Waals surface area contributed by atoms with Crippen LogP contribution in [0.15, 0.2) is 77.9 Å². The van der Waals surface area contributed by atoms with Crippen LogP contribution < -0.4 is 0 Å². The Labute approximate surface area is 189 Å². The number of hydrogen-bond acceptors (Lipinski definition) is 3. The number of amides is 1. The Bertz CT molecular complexity index is 1140. The number of hydrazone groups is 1. The maximum absolute atomic E-state index is 14.0. The fourth-order valence-corrected chi connectivity index (χ4v) is 4.18. The molecule has 0 saturated carbocycles. The van der Waals surface area contributed by atoms with E-state index in [4.69, 9.17) is 5.10 Å². The molecule has 1 amide bonds. The van der Waals surface area contributed by atoms with E-state index in [-0.39, 0.29) is 24.3 Å². The zero-order valence-electron chi connectivity index (χ0n) is 18.8. The van der Waals surface area contributed by atoms with Crippen LogP contribution >= 0.6 is 0 Å². The third-order valence-electron chi connectivity index (χ3n) is 5.80. The number of benzene rings is 3. The maximum atomic E-state index is 14.0. The first-order valence-electron chi connectivity index (χ1n) is 10.9. The van der Waals surface area contributed by atoms with Gasteiger partial charge in [-0.3, -0.25) is 9.69 Å². The Hall–Kier alpha value is -3.31. The third-order valence-corrected chi connectivity index (χ3v) is 5.80. The van der Waals surface area contributed by atoms with E-state index in [2.05, 4.69) is 18.2 Å². The number of hydrogen-bond donors (Lipinski definition) is 0. The number of halogens is 1. The van der Waals surface area contributed by atoms with Crippen molar-refractivity contribution < 1.29 is 9.18 Å². The van der Waals surface area contributed by atoms with Gasteiger partial charge in [-0.15, -0.1) is 0 Å². The molecule has 0 aromatic heterocycles. The second-order valence-corrected chi connectivity index (χ2v) is 8.54. The summed E-state index contributed by atoms with van der Waals surface area (Å²) in [6, 6.07) is 22.4. The molecule has 164 valence electrons. The molecule has 1 atom stereocenters. The van der Waals surface area contributed by atoms with Crippen LogP contribution in [0.25, 0.3) is 0 Å². The van der Waals surface area contributed by atoms with Gasteiger partial charge in [0.1, 0.15) is 5.82 Å². The Morgan fingerprint density at radius 2 is 1.84 bits per heavy atom. The first kappa shape index (κ1) is 21.9. The Kier molecular flexibility index (Phi) is 6.47. The molecule has 0 fully saturated rings. The molecule has 0 aliphatic carbocycles. The molecule has 4 rings (SSSR count). The van der Waals surface area contributed by atoms with Gasteiger partial charge in [0, 0.05) is 18.5 Å². The SMILES string of the molecule is Cc1ccc(C)c(C2=NN(C(=O)CN(C)Cc3ccccc3)C(c3cccc(F)c3)C2)c1. The lowest BCUT2D eigenvalue weighted by Crippen LogP contribution is -2.36. The first-order chi connectivity index (χ1) is 15.4. The fourth-order valence-electron chi connectivity index (χ4n) is 4.18. The molecule has 0 N–H and O–H groups in total. The summed E-state index contributed by atoms with van der Waals surface area (Å²) in [6.07, 6.45) is 0.557. The minimum atomic E-state index is -0.321. The molecule has 1 heterocycles. The van der Waals surface area contributed by atoms with Gasteiger partial charge in [-0.05, 0) is 55.8 Å². The highest BCUT2D eigenvalue weighted by Crippen LogP contribution is 2.34. The fraction of sp³-hybridized carbons (Fsp3) is 0.259. The standard InChI is InChI=1S/C27H28FN3O/c1-19-12-13-20(2)24(14-19)25-16-26(22-10-7-11-23(28)15-22)31(29-25)27(32)18-30(3)17-21-8-5-4-6-9-21/h4-15,26H,16-18H2,1-3H3. The van der Waals surface area contributed by atoms with Crippen LogP contribution in [0.4, 0.5) is 4.39 Å². The smallest absolute Gasteiger partial charge is 0.257 e. The average Bonchev–Trinajstić information content (AvgIpc) is 3.21. The molecule has 0 saturated heterocycles. The van der Waals surface area contributed by atoms with Crippen molar-refractivity contribution in [3.8, 4) is 0 Å². The van der Waals surface area contributed by atoms with Crippen LogP contribution in [0.3, 0.4) is 0 Å². The highest BCUT2D eigenvalue weighted by molar-refractivity contribution is 6.04. The number of carbonyl (C=O) groups is 1. The summed E-state index contributed by atoms with van der Waals surface area (Å²) in [5.74, 6) is -0.408. The highest BCUT2D eigenvalue weighted by Gasteiger charge is 2.34. The van der Waals surface area contributed by atoms with E-state index in [0.29, 0.717) is 13.0 Å². The van der Waals surface area contributed by atoms with Crippen molar-refractivity contribution >= 4 is 11.6 Å². The number of likely N-dealkylation sites (N-methyl/N-ethyl adjacent to an activating group) is 1. The lowest BCUT2D eigenvalue weighted by atomic mass is 9.95. The van der Waals surface area contributed by atoms with Gasteiger partial charge in [0.25, 0.3) is 5.91 Å². The summed E-state index contributed by atoms with van der Waals surface area (Å²) in [4.78, 5) is 15.3. The lowest BCUT2D eigenvalue weighted by Gasteiger charge is -2.25. The summed E-state index contributed by atoms with van der Waals surface area (Å²) < 4.78 is 14.0. The zero-order chi connectivity index (χ0) is 22.7. The molecular formula is C27H28FN3O. The molecule has 3 aromatic rings. The van der Waals surface area contributed by atoms with Gasteiger partial charge >= 0.3 is 0 Å². The molecule has 4 nitrogen and oxygen atoms in total. The van der Waals surface area contributed by atoms with Crippen molar-refractivity contribution in [2.45, 2.75) is 32.9 Å². The lowest BCUT2D eigenvalue weighted by molar-refractivity contribution is -0.134. The summed E-state index contributed by atoms with van der Waals surface area (Å²) in [5.41, 5.74) is 6.06. The minimum absolute atomic E-state index is 0.0991. The van der Waals surface area contributed by atoms with Crippen LogP contribution in [-0.4, -0.2) is 35.1 Å². The Balaban J connectivity index is 1.60. The molecule has 1 unspecified atom stereocenters. The molecule has 3 aromatic carbocycles. The summed E-state index contributed by atoms with van der Waals surface area (Å²) in [7, 11) is 1.92. The summed E-state index contributed by atoms with van der Waals surface area (Å²) in [5, 5.41) is 6.31. The minimum Gasteiger partial charge on any atom is -0.293 e. The topological polar surface area (TPSA) is 35.9 Å². The molecular weight excluding hydrogens is 401 g/mol. The van der Waals surface area contributed by atoms with Gasteiger partial charge in [-0.2, -0.15) is 5.10 Å². The maximum Gasteiger partial charge on any atom is 0.257 e. The predicted molar refractivity (Wildman–Crippen MR) is 126 cm³/mol. The van der Waals surface area contributed by atoms with Gasteiger partial charge in [-0.25, -0.2) is 9.40 Å². The Morgan fingerprint density at radius 3 is 2.59 bits per heavy atom. The van der Waals surface area contributed by atoms with Gasteiger partial charge in [0.2, 0.25) is 0 Å². The van der Waals surface area contributed by atoms with Crippen LogP contribution in [0.2, 0.25) is 0 Å². The van der Waals surface area contributed by atoms with Crippen molar-refractivity contribution in [1.82, 2.24) is 9.91 Å². The number of rotatable bonds is 6. The number of nitrogens with zero attached hydrogens (tertiary/aromatic N) is 3. The molecule has 5 heteroatoms. The molecule has 0 spiro atoms. The van der Waals surface area contributed by atoms with Crippen molar-refractivity contribution in [3.63, 3.8) is 0 Å². The normalized spacial score (nSPS) is 15.8. The second-order valence-electron chi connectivity index (χ2n) is 8.54. The quantitative estimate of drug-likeness (QED) is 0.536. The van der Waals surface area contributed by atoms with E-state index in [9.17, 15) is 9.18 Å². The van der Waals surface area contributed by atoms with Gasteiger partial charge in [-0.1, -0.05) is 60.2 Å². The largest absolute Gasteiger partial charge is 0.293 e. The molecule has 32 heavy (non-hydrogen) atoms. The zero-order valence-corrected chi connectivity index (χ0v) is 18.8. The van der Waals surface area contributed by atoms with Crippen molar-refractivity contribution in [2.24, 2.45) is 5.10 Å². The van der Waals surface area contributed by atoms with Gasteiger partial charge in [0.15, 0.2) is 0 Å². The van der Waals surface area contributed by atoms with E-state index >= 15 is 0 Å². The van der Waals surface area contributed by atoms with E-state index < -0.39 is 0 Å². The summed E-state index contributed by atoms with van der Waals surface area (Å²) >= 11 is 0. The molecule has 1 aliphatic heterocycles. The second kappa shape index (κ2) is 9.45. The van der Waals surface area contributed by atoms with Crippen molar-refractivity contribution in [2.75, 3.05) is 13.6 Å². The van der Waals surface area contributed by atoms with E-state index in [1.54, 1.807) is 11.1 Å². The van der Waals surface area contributed by atoms with E-state index in [1.165, 1.54) is 12.1 Å². The average molecular weight is 430 g/mol. The van der Waals surface area contributed by atoms with Crippen LogP contribution in [0.5, 0.6) is 0 Å². The van der Waals surface area contributed by atoms with Crippen molar-refractivity contribution in [1.29, 1.82) is 0 Å². The summed E-state index contributed by atoms with van der Waals surface area (Å²) in [6.45, 7) is 4.99. The van der Waals surface area contributed by atoms with E-state index in [0.717, 1.165) is 33.5 Å². The highest BCUT2D eigenvalue weighted by atomic mass is 19.1. The first-order valence-corrected chi connectivity index (χ1v) is 10.9. The van der Waals surface area contributed by atoms with Gasteiger partial charge < -0.3 is 0 Å². The van der Waals surface area contributed by atoms with Crippen LogP contribution in [0, 0.1) is 19.7 Å². The van der Waals surface area contributed by atoms with Crippen LogP contribution in [-0.2, 0) is 11.3 Å². The number of carbonyl (C=O) groups excluding carboxylic acids is 1. The van der Waals surface area contributed by atoms with Gasteiger partial charge in [0.05, 0.1) is 18.3 Å². The van der Waals surface area contributed by atoms with Crippen molar-refractivity contribution in [3.05, 3.63) is 106 Å². The molecule has 0 radical (unpaired) electrons. The Morgan fingerprint density at radius 1 is 1.06 bits per heavy atom.